The zero-order valence-electron chi connectivity index (χ0n) is 7.77. The zero-order valence-corrected chi connectivity index (χ0v) is 7.77. The molecule has 0 amide bonds. The standard InChI is InChI=1S/C11H14O2/c1-3-9-5-4-6-10(9)7-8-11(12)13-2/h3-4,6-10H,1,5H2,2H3/b8-7+/t9-,10-/m1/s1. The lowest BCUT2D eigenvalue weighted by Gasteiger charge is -2.09. The lowest BCUT2D eigenvalue weighted by molar-refractivity contribution is -0.134. The first-order valence-electron chi connectivity index (χ1n) is 4.33. The van der Waals surface area contributed by atoms with Gasteiger partial charge < -0.3 is 4.74 Å². The summed E-state index contributed by atoms with van der Waals surface area (Å²) in [6.45, 7) is 3.75. The highest BCUT2D eigenvalue weighted by Gasteiger charge is 2.16. The maximum Gasteiger partial charge on any atom is 0.330 e. The predicted octanol–water partition coefficient (Wildman–Crippen LogP) is 2.09. The van der Waals surface area contributed by atoms with Crippen molar-refractivity contribution in [2.75, 3.05) is 7.11 Å². The number of carbonyl (C=O) groups excluding carboxylic acids is 1. The quantitative estimate of drug-likeness (QED) is 0.376. The van der Waals surface area contributed by atoms with Gasteiger partial charge in [-0.05, 0) is 12.3 Å². The molecule has 0 aromatic rings. The van der Waals surface area contributed by atoms with Crippen molar-refractivity contribution in [2.45, 2.75) is 6.42 Å². The molecule has 0 spiro atoms. The molecule has 1 rings (SSSR count). The van der Waals surface area contributed by atoms with Crippen LogP contribution in [0.4, 0.5) is 0 Å². The summed E-state index contributed by atoms with van der Waals surface area (Å²) < 4.78 is 4.50. The molecule has 0 heterocycles. The van der Waals surface area contributed by atoms with Gasteiger partial charge in [-0.3, -0.25) is 0 Å². The number of rotatable bonds is 3. The number of methoxy groups -OCH3 is 1. The summed E-state index contributed by atoms with van der Waals surface area (Å²) in [6, 6.07) is 0. The van der Waals surface area contributed by atoms with Crippen LogP contribution in [0.25, 0.3) is 0 Å². The van der Waals surface area contributed by atoms with Crippen molar-refractivity contribution in [3.63, 3.8) is 0 Å². The average molecular weight is 178 g/mol. The molecule has 13 heavy (non-hydrogen) atoms. The van der Waals surface area contributed by atoms with Gasteiger partial charge in [-0.2, -0.15) is 0 Å². The van der Waals surface area contributed by atoms with Crippen molar-refractivity contribution in [2.24, 2.45) is 11.8 Å². The first-order valence-corrected chi connectivity index (χ1v) is 4.33. The molecule has 0 fully saturated rings. The van der Waals surface area contributed by atoms with Crippen LogP contribution in [-0.4, -0.2) is 13.1 Å². The van der Waals surface area contributed by atoms with Gasteiger partial charge in [0.25, 0.3) is 0 Å². The number of allylic oxidation sites excluding steroid dienone is 4. The van der Waals surface area contributed by atoms with E-state index in [1.807, 2.05) is 12.2 Å². The highest BCUT2D eigenvalue weighted by atomic mass is 16.5. The lowest BCUT2D eigenvalue weighted by atomic mass is 9.95. The molecule has 2 nitrogen and oxygen atoms in total. The molecule has 2 atom stereocenters. The first kappa shape index (κ1) is 9.78. The van der Waals surface area contributed by atoms with Crippen LogP contribution in [-0.2, 0) is 9.53 Å². The minimum atomic E-state index is -0.303. The number of carbonyl (C=O) groups is 1. The molecule has 0 aromatic carbocycles. The molecule has 0 aromatic heterocycles. The van der Waals surface area contributed by atoms with E-state index < -0.39 is 0 Å². The van der Waals surface area contributed by atoms with Crippen LogP contribution in [0.3, 0.4) is 0 Å². The van der Waals surface area contributed by atoms with Crippen LogP contribution in [0, 0.1) is 11.8 Å². The van der Waals surface area contributed by atoms with Crippen LogP contribution < -0.4 is 0 Å². The van der Waals surface area contributed by atoms with E-state index in [9.17, 15) is 4.79 Å². The topological polar surface area (TPSA) is 26.3 Å². The smallest absolute Gasteiger partial charge is 0.330 e. The van der Waals surface area contributed by atoms with Gasteiger partial charge in [-0.25, -0.2) is 4.79 Å². The fourth-order valence-electron chi connectivity index (χ4n) is 1.41. The second-order valence-corrected chi connectivity index (χ2v) is 3.02. The van der Waals surface area contributed by atoms with Gasteiger partial charge in [-0.15, -0.1) is 6.58 Å². The molecule has 0 saturated heterocycles. The van der Waals surface area contributed by atoms with Crippen molar-refractivity contribution in [3.8, 4) is 0 Å². The Morgan fingerprint density at radius 2 is 2.46 bits per heavy atom. The van der Waals surface area contributed by atoms with Crippen molar-refractivity contribution in [1.29, 1.82) is 0 Å². The highest BCUT2D eigenvalue weighted by Crippen LogP contribution is 2.26. The van der Waals surface area contributed by atoms with E-state index in [4.69, 9.17) is 0 Å². The van der Waals surface area contributed by atoms with Gasteiger partial charge >= 0.3 is 5.97 Å². The number of esters is 1. The molecule has 1 aliphatic carbocycles. The van der Waals surface area contributed by atoms with Crippen LogP contribution in [0.1, 0.15) is 6.42 Å². The first-order chi connectivity index (χ1) is 6.27. The normalized spacial score (nSPS) is 26.5. The molecular weight excluding hydrogens is 164 g/mol. The molecule has 0 unspecified atom stereocenters. The summed E-state index contributed by atoms with van der Waals surface area (Å²) in [5, 5.41) is 0. The molecule has 0 saturated carbocycles. The third-order valence-electron chi connectivity index (χ3n) is 2.22. The third-order valence-corrected chi connectivity index (χ3v) is 2.22. The van der Waals surface area contributed by atoms with Gasteiger partial charge in [0, 0.05) is 12.0 Å². The van der Waals surface area contributed by atoms with Crippen molar-refractivity contribution in [1.82, 2.24) is 0 Å². The maximum atomic E-state index is 10.8. The number of ether oxygens (including phenoxy) is 1. The van der Waals surface area contributed by atoms with E-state index >= 15 is 0 Å². The highest BCUT2D eigenvalue weighted by molar-refractivity contribution is 5.81. The molecule has 2 heteroatoms. The second-order valence-electron chi connectivity index (χ2n) is 3.02. The summed E-state index contributed by atoms with van der Waals surface area (Å²) in [7, 11) is 1.38. The fraction of sp³-hybridized carbons (Fsp3) is 0.364. The Bertz CT molecular complexity index is 251. The average Bonchev–Trinajstić information content (AvgIpc) is 2.61. The lowest BCUT2D eigenvalue weighted by Crippen LogP contribution is -2.03. The van der Waals surface area contributed by atoms with Crippen LogP contribution in [0.15, 0.2) is 37.0 Å². The zero-order chi connectivity index (χ0) is 9.68. The molecule has 0 bridgehead atoms. The van der Waals surface area contributed by atoms with Crippen LogP contribution >= 0.6 is 0 Å². The Balaban J connectivity index is 2.52. The van der Waals surface area contributed by atoms with Gasteiger partial charge in [0.2, 0.25) is 0 Å². The van der Waals surface area contributed by atoms with Gasteiger partial charge in [-0.1, -0.05) is 24.3 Å². The largest absolute Gasteiger partial charge is 0.466 e. The molecular formula is C11H14O2. The van der Waals surface area contributed by atoms with E-state index in [-0.39, 0.29) is 5.97 Å². The third kappa shape index (κ3) is 2.58. The predicted molar refractivity (Wildman–Crippen MR) is 52.1 cm³/mol. The summed E-state index contributed by atoms with van der Waals surface area (Å²) in [5.74, 6) is 0.431. The summed E-state index contributed by atoms with van der Waals surface area (Å²) >= 11 is 0. The SMILES string of the molecule is C=C[C@@H]1CC=C[C@@H]1/C=C/C(=O)OC. The summed E-state index contributed by atoms with van der Waals surface area (Å²) in [6.07, 6.45) is 10.5. The minimum absolute atomic E-state index is 0.302. The van der Waals surface area contributed by atoms with Crippen LogP contribution in [0.5, 0.6) is 0 Å². The Labute approximate surface area is 78.6 Å². The fourth-order valence-corrected chi connectivity index (χ4v) is 1.41. The molecule has 0 aliphatic heterocycles. The second kappa shape index (κ2) is 4.65. The maximum absolute atomic E-state index is 10.8. The van der Waals surface area contributed by atoms with E-state index in [1.54, 1.807) is 0 Å². The molecule has 1 aliphatic rings. The number of hydrogen-bond donors (Lipinski definition) is 0. The summed E-state index contributed by atoms with van der Waals surface area (Å²) in [4.78, 5) is 10.8. The molecule has 0 N–H and O–H groups in total. The monoisotopic (exact) mass is 178 g/mol. The van der Waals surface area contributed by atoms with E-state index in [0.717, 1.165) is 6.42 Å². The Morgan fingerprint density at radius 1 is 1.69 bits per heavy atom. The van der Waals surface area contributed by atoms with E-state index in [0.29, 0.717) is 11.8 Å². The summed E-state index contributed by atoms with van der Waals surface area (Å²) in [5.41, 5.74) is 0. The van der Waals surface area contributed by atoms with Gasteiger partial charge in [0.15, 0.2) is 0 Å². The van der Waals surface area contributed by atoms with E-state index in [1.165, 1.54) is 13.2 Å². The Hall–Kier alpha value is -1.31. The van der Waals surface area contributed by atoms with Gasteiger partial charge in [0.1, 0.15) is 0 Å². The van der Waals surface area contributed by atoms with Crippen molar-refractivity contribution < 1.29 is 9.53 Å². The number of hydrogen-bond acceptors (Lipinski definition) is 2. The van der Waals surface area contributed by atoms with Crippen LogP contribution in [0.2, 0.25) is 0 Å². The van der Waals surface area contributed by atoms with E-state index in [2.05, 4.69) is 23.5 Å². The van der Waals surface area contributed by atoms with Crippen molar-refractivity contribution >= 4 is 5.97 Å². The minimum Gasteiger partial charge on any atom is -0.466 e. The Kier molecular flexibility index (Phi) is 3.50. The van der Waals surface area contributed by atoms with Gasteiger partial charge in [0.05, 0.1) is 7.11 Å². The molecule has 0 radical (unpaired) electrons. The Morgan fingerprint density at radius 3 is 3.08 bits per heavy atom. The molecule has 70 valence electrons. The van der Waals surface area contributed by atoms with Crippen molar-refractivity contribution in [3.05, 3.63) is 37.0 Å².